The van der Waals surface area contributed by atoms with Gasteiger partial charge in [-0.05, 0) is 32.0 Å². The predicted molar refractivity (Wildman–Crippen MR) is 78.4 cm³/mol. The average molecular weight is 295 g/mol. The maximum Gasteiger partial charge on any atom is 0.167 e. The van der Waals surface area contributed by atoms with Crippen molar-refractivity contribution in [2.45, 2.75) is 57.1 Å². The van der Waals surface area contributed by atoms with Gasteiger partial charge in [-0.1, -0.05) is 25.7 Å². The minimum absolute atomic E-state index is 0.0352. The zero-order chi connectivity index (χ0) is 14.9. The Labute approximate surface area is 124 Å². The number of hydrogen-bond acceptors (Lipinski definition) is 2. The second-order valence-electron chi connectivity index (χ2n) is 6.41. The molecule has 2 nitrogen and oxygen atoms in total. The van der Waals surface area contributed by atoms with E-state index in [1.54, 1.807) is 0 Å². The van der Waals surface area contributed by atoms with Crippen LogP contribution in [0.2, 0.25) is 0 Å². The maximum absolute atomic E-state index is 13.8. The van der Waals surface area contributed by atoms with E-state index in [1.165, 1.54) is 37.8 Å². The van der Waals surface area contributed by atoms with Gasteiger partial charge in [0.15, 0.2) is 11.6 Å². The van der Waals surface area contributed by atoms with Gasteiger partial charge in [-0.15, -0.1) is 0 Å². The second kappa shape index (κ2) is 5.91. The van der Waals surface area contributed by atoms with Crippen LogP contribution >= 0.6 is 0 Å². The Balaban J connectivity index is 1.78. The molecule has 2 saturated carbocycles. The average Bonchev–Trinajstić information content (AvgIpc) is 2.72. The number of benzene rings is 1. The number of halogens is 2. The number of nitrogens with one attached hydrogen (secondary N) is 1. The van der Waals surface area contributed by atoms with E-state index in [4.69, 9.17) is 4.74 Å². The summed E-state index contributed by atoms with van der Waals surface area (Å²) in [6.45, 7) is 0. The minimum atomic E-state index is -0.605. The molecule has 2 aliphatic carbocycles. The molecule has 21 heavy (non-hydrogen) atoms. The number of rotatable bonds is 3. The first-order chi connectivity index (χ1) is 10.2. The van der Waals surface area contributed by atoms with Gasteiger partial charge in [0, 0.05) is 23.9 Å². The Morgan fingerprint density at radius 1 is 1.14 bits per heavy atom. The Morgan fingerprint density at radius 2 is 1.86 bits per heavy atom. The highest BCUT2D eigenvalue weighted by Gasteiger charge is 2.55. The molecular weight excluding hydrogens is 272 g/mol. The summed E-state index contributed by atoms with van der Waals surface area (Å²) in [4.78, 5) is 0. The third kappa shape index (κ3) is 2.66. The number of ether oxygens (including phenoxy) is 1. The van der Waals surface area contributed by atoms with E-state index in [0.29, 0.717) is 6.04 Å². The Morgan fingerprint density at radius 3 is 2.48 bits per heavy atom. The van der Waals surface area contributed by atoms with Crippen molar-refractivity contribution >= 4 is 0 Å². The maximum atomic E-state index is 13.8. The summed E-state index contributed by atoms with van der Waals surface area (Å²) in [6.07, 6.45) is 8.16. The third-order valence-electron chi connectivity index (χ3n) is 5.33. The van der Waals surface area contributed by atoms with Crippen molar-refractivity contribution in [3.63, 3.8) is 0 Å². The van der Waals surface area contributed by atoms with Crippen LogP contribution in [0.5, 0.6) is 5.75 Å². The van der Waals surface area contributed by atoms with Crippen molar-refractivity contribution in [2.75, 3.05) is 7.05 Å². The normalized spacial score (nSPS) is 28.0. The molecule has 0 aliphatic heterocycles. The van der Waals surface area contributed by atoms with Gasteiger partial charge in [-0.25, -0.2) is 8.78 Å². The monoisotopic (exact) mass is 295 g/mol. The zero-order valence-corrected chi connectivity index (χ0v) is 12.5. The molecule has 4 heteroatoms. The molecular formula is C17H23F2NO. The van der Waals surface area contributed by atoms with Crippen LogP contribution in [0.1, 0.15) is 44.9 Å². The van der Waals surface area contributed by atoms with Crippen molar-refractivity contribution in [2.24, 2.45) is 5.41 Å². The summed E-state index contributed by atoms with van der Waals surface area (Å²) in [5.74, 6) is -0.989. The van der Waals surface area contributed by atoms with Crippen LogP contribution in [0.25, 0.3) is 0 Å². The lowest BCUT2D eigenvalue weighted by Crippen LogP contribution is -2.64. The van der Waals surface area contributed by atoms with E-state index >= 15 is 0 Å². The van der Waals surface area contributed by atoms with Crippen LogP contribution in [0.15, 0.2) is 18.2 Å². The first-order valence-electron chi connectivity index (χ1n) is 7.95. The second-order valence-corrected chi connectivity index (χ2v) is 6.41. The van der Waals surface area contributed by atoms with E-state index in [9.17, 15) is 8.78 Å². The van der Waals surface area contributed by atoms with E-state index in [2.05, 4.69) is 5.32 Å². The van der Waals surface area contributed by atoms with Crippen LogP contribution < -0.4 is 10.1 Å². The molecule has 1 N–H and O–H groups in total. The van der Waals surface area contributed by atoms with Gasteiger partial charge in [-0.2, -0.15) is 0 Å². The van der Waals surface area contributed by atoms with Crippen LogP contribution in [0.4, 0.5) is 8.78 Å². The van der Waals surface area contributed by atoms with Crippen LogP contribution in [-0.2, 0) is 0 Å². The van der Waals surface area contributed by atoms with Gasteiger partial charge < -0.3 is 10.1 Å². The Hall–Kier alpha value is -1.16. The predicted octanol–water partition coefficient (Wildman–Crippen LogP) is 4.04. The summed E-state index contributed by atoms with van der Waals surface area (Å²) in [5.41, 5.74) is 0.117. The molecule has 1 aromatic carbocycles. The van der Waals surface area contributed by atoms with Crippen LogP contribution in [0, 0.1) is 17.0 Å². The van der Waals surface area contributed by atoms with Crippen molar-refractivity contribution in [1.29, 1.82) is 0 Å². The fourth-order valence-corrected chi connectivity index (χ4v) is 4.10. The molecule has 116 valence electrons. The summed E-state index contributed by atoms with van der Waals surface area (Å²) in [6, 6.07) is 4.00. The lowest BCUT2D eigenvalue weighted by atomic mass is 9.58. The molecule has 0 saturated heterocycles. The van der Waals surface area contributed by atoms with Gasteiger partial charge in [0.05, 0.1) is 0 Å². The summed E-state index contributed by atoms with van der Waals surface area (Å²) in [7, 11) is 1.99. The molecule has 2 fully saturated rings. The molecule has 1 spiro atoms. The van der Waals surface area contributed by atoms with Gasteiger partial charge in [-0.3, -0.25) is 0 Å². The first kappa shape index (κ1) is 14.8. The molecule has 1 aromatic rings. The first-order valence-corrected chi connectivity index (χ1v) is 7.95. The largest absolute Gasteiger partial charge is 0.487 e. The van der Waals surface area contributed by atoms with E-state index in [0.717, 1.165) is 25.3 Å². The van der Waals surface area contributed by atoms with Crippen LogP contribution in [0.3, 0.4) is 0 Å². The Kier molecular flexibility index (Phi) is 4.16. The lowest BCUT2D eigenvalue weighted by molar-refractivity contribution is -0.0895. The number of hydrogen-bond donors (Lipinski definition) is 1. The van der Waals surface area contributed by atoms with Gasteiger partial charge in [0.2, 0.25) is 0 Å². The molecule has 0 amide bonds. The molecule has 2 atom stereocenters. The third-order valence-corrected chi connectivity index (χ3v) is 5.33. The smallest absolute Gasteiger partial charge is 0.167 e. The topological polar surface area (TPSA) is 21.3 Å². The van der Waals surface area contributed by atoms with Crippen molar-refractivity contribution in [3.05, 3.63) is 29.8 Å². The quantitative estimate of drug-likeness (QED) is 0.908. The highest BCUT2D eigenvalue weighted by molar-refractivity contribution is 5.26. The highest BCUT2D eigenvalue weighted by Crippen LogP contribution is 2.52. The van der Waals surface area contributed by atoms with E-state index in [1.807, 2.05) is 7.05 Å². The van der Waals surface area contributed by atoms with Crippen molar-refractivity contribution < 1.29 is 13.5 Å². The molecule has 0 radical (unpaired) electrons. The summed E-state index contributed by atoms with van der Waals surface area (Å²) < 4.78 is 32.7. The fourth-order valence-electron chi connectivity index (χ4n) is 4.10. The van der Waals surface area contributed by atoms with Crippen LogP contribution in [-0.4, -0.2) is 19.2 Å². The molecule has 0 heterocycles. The standard InChI is InChI=1S/C17H23F2NO/c1-20-15-11-16(17(15)8-4-2-3-5-9-17)21-14-7-6-12(18)10-13(14)19/h6-7,10,15-16,20H,2-5,8-9,11H2,1H3. The Bertz CT molecular complexity index is 498. The molecule has 0 aromatic heterocycles. The van der Waals surface area contributed by atoms with Crippen molar-refractivity contribution in [3.8, 4) is 5.75 Å². The zero-order valence-electron chi connectivity index (χ0n) is 12.5. The van der Waals surface area contributed by atoms with E-state index < -0.39 is 11.6 Å². The SMILES string of the molecule is CNC1CC(Oc2ccc(F)cc2F)C12CCCCCC2. The highest BCUT2D eigenvalue weighted by atomic mass is 19.1. The molecule has 2 aliphatic rings. The van der Waals surface area contributed by atoms with Gasteiger partial charge in [0.25, 0.3) is 0 Å². The van der Waals surface area contributed by atoms with Gasteiger partial charge >= 0.3 is 0 Å². The van der Waals surface area contributed by atoms with E-state index in [-0.39, 0.29) is 17.3 Å². The summed E-state index contributed by atoms with van der Waals surface area (Å²) in [5, 5.41) is 3.40. The summed E-state index contributed by atoms with van der Waals surface area (Å²) >= 11 is 0. The molecule has 0 bridgehead atoms. The van der Waals surface area contributed by atoms with Crippen molar-refractivity contribution in [1.82, 2.24) is 5.32 Å². The lowest BCUT2D eigenvalue weighted by Gasteiger charge is -2.55. The molecule has 2 unspecified atom stereocenters. The molecule has 3 rings (SSSR count). The fraction of sp³-hybridized carbons (Fsp3) is 0.647. The van der Waals surface area contributed by atoms with Gasteiger partial charge in [0.1, 0.15) is 11.9 Å². The minimum Gasteiger partial charge on any atom is -0.487 e.